The van der Waals surface area contributed by atoms with Crippen LogP contribution in [0.25, 0.3) is 0 Å². The molecular formula is C26H33N5O7. The van der Waals surface area contributed by atoms with Gasteiger partial charge in [0, 0.05) is 12.8 Å². The Morgan fingerprint density at radius 3 is 1.95 bits per heavy atom. The van der Waals surface area contributed by atoms with E-state index in [0.29, 0.717) is 5.56 Å². The molecule has 0 saturated carbocycles. The maximum atomic E-state index is 12.9. The average molecular weight is 528 g/mol. The fourth-order valence-electron chi connectivity index (χ4n) is 3.54. The summed E-state index contributed by atoms with van der Waals surface area (Å²) >= 11 is 0. The minimum atomic E-state index is -1.35. The topological polar surface area (TPSA) is 214 Å². The second kappa shape index (κ2) is 14.3. The summed E-state index contributed by atoms with van der Waals surface area (Å²) in [5.41, 5.74) is 12.5. The Balaban J connectivity index is 2.02. The average Bonchev–Trinajstić information content (AvgIpc) is 2.87. The summed E-state index contributed by atoms with van der Waals surface area (Å²) in [6.45, 7) is 1.40. The summed E-state index contributed by atoms with van der Waals surface area (Å²) in [5.74, 6) is -4.19. The Morgan fingerprint density at radius 2 is 1.37 bits per heavy atom. The Bertz CT molecular complexity index is 1120. The molecule has 0 aliphatic rings. The van der Waals surface area contributed by atoms with E-state index in [1.54, 1.807) is 0 Å². The number of hydrogen-bond acceptors (Lipinski definition) is 7. The number of nitrogens with one attached hydrogen (secondary N) is 3. The highest BCUT2D eigenvalue weighted by molar-refractivity contribution is 5.94. The van der Waals surface area contributed by atoms with E-state index in [9.17, 15) is 34.2 Å². The van der Waals surface area contributed by atoms with Gasteiger partial charge in [0.25, 0.3) is 0 Å². The quantitative estimate of drug-likeness (QED) is 0.167. The number of carboxylic acids is 1. The van der Waals surface area contributed by atoms with Crippen molar-refractivity contribution in [1.82, 2.24) is 16.0 Å². The van der Waals surface area contributed by atoms with Crippen LogP contribution in [0.5, 0.6) is 5.75 Å². The number of amides is 4. The standard InChI is InChI=1S/C26H33N5O7/c1-15(29-24(35)19(27)13-16-5-3-2-4-6-16)23(34)30-20(11-12-22(28)33)25(36)31-21(26(37)38)14-17-7-9-18(32)10-8-17/h2-10,15,19-21,32H,11-14,27H2,1H3,(H2,28,33)(H,29,35)(H,30,34)(H,31,36)(H,37,38). The molecule has 0 saturated heterocycles. The number of phenolic OH excluding ortho intramolecular Hbond substituents is 1. The van der Waals surface area contributed by atoms with Crippen molar-refractivity contribution in [2.24, 2.45) is 11.5 Å². The van der Waals surface area contributed by atoms with Gasteiger partial charge >= 0.3 is 5.97 Å². The van der Waals surface area contributed by atoms with E-state index in [0.717, 1.165) is 5.56 Å². The van der Waals surface area contributed by atoms with Crippen molar-refractivity contribution in [3.63, 3.8) is 0 Å². The molecule has 0 fully saturated rings. The van der Waals surface area contributed by atoms with Gasteiger partial charge in [-0.15, -0.1) is 0 Å². The molecule has 0 aliphatic heterocycles. The van der Waals surface area contributed by atoms with Crippen LogP contribution >= 0.6 is 0 Å². The molecule has 0 heterocycles. The zero-order valence-corrected chi connectivity index (χ0v) is 20.9. The van der Waals surface area contributed by atoms with Gasteiger partial charge in [-0.25, -0.2) is 4.79 Å². The summed E-state index contributed by atoms with van der Waals surface area (Å²) in [5, 5.41) is 26.3. The maximum Gasteiger partial charge on any atom is 0.326 e. The Kier molecular flexibility index (Phi) is 11.2. The van der Waals surface area contributed by atoms with E-state index < -0.39 is 53.8 Å². The molecule has 0 bridgehead atoms. The normalized spacial score (nSPS) is 13.8. The molecule has 9 N–H and O–H groups in total. The minimum Gasteiger partial charge on any atom is -0.508 e. The molecule has 0 aromatic heterocycles. The summed E-state index contributed by atoms with van der Waals surface area (Å²) in [6.07, 6.45) is -0.282. The lowest BCUT2D eigenvalue weighted by Crippen LogP contribution is -2.56. The predicted octanol–water partition coefficient (Wildman–Crippen LogP) is -0.671. The monoisotopic (exact) mass is 527 g/mol. The van der Waals surface area contributed by atoms with Gasteiger partial charge in [-0.3, -0.25) is 19.2 Å². The van der Waals surface area contributed by atoms with E-state index in [-0.39, 0.29) is 31.4 Å². The van der Waals surface area contributed by atoms with Gasteiger partial charge in [-0.05, 0) is 43.0 Å². The number of nitrogens with two attached hydrogens (primary N) is 2. The minimum absolute atomic E-state index is 0.00104. The first-order valence-corrected chi connectivity index (χ1v) is 12.0. The molecule has 2 aromatic rings. The second-order valence-corrected chi connectivity index (χ2v) is 8.86. The van der Waals surface area contributed by atoms with Gasteiger partial charge in [0.05, 0.1) is 6.04 Å². The van der Waals surface area contributed by atoms with E-state index in [1.165, 1.54) is 31.2 Å². The second-order valence-electron chi connectivity index (χ2n) is 8.86. The molecule has 2 rings (SSSR count). The van der Waals surface area contributed by atoms with Gasteiger partial charge in [0.1, 0.15) is 23.9 Å². The van der Waals surface area contributed by atoms with Crippen molar-refractivity contribution in [2.75, 3.05) is 0 Å². The van der Waals surface area contributed by atoms with Gasteiger partial charge in [-0.2, -0.15) is 0 Å². The van der Waals surface area contributed by atoms with Crippen molar-refractivity contribution < 1.29 is 34.2 Å². The highest BCUT2D eigenvalue weighted by Gasteiger charge is 2.29. The first-order valence-electron chi connectivity index (χ1n) is 12.0. The van der Waals surface area contributed by atoms with E-state index in [4.69, 9.17) is 11.5 Å². The van der Waals surface area contributed by atoms with Crippen molar-refractivity contribution >= 4 is 29.6 Å². The van der Waals surface area contributed by atoms with Crippen LogP contribution in [-0.2, 0) is 36.8 Å². The largest absolute Gasteiger partial charge is 0.508 e. The number of hydrogen-bond donors (Lipinski definition) is 7. The van der Waals surface area contributed by atoms with Gasteiger partial charge < -0.3 is 37.6 Å². The highest BCUT2D eigenvalue weighted by atomic mass is 16.4. The van der Waals surface area contributed by atoms with Crippen molar-refractivity contribution in [3.8, 4) is 5.75 Å². The van der Waals surface area contributed by atoms with Crippen LogP contribution in [-0.4, -0.2) is 64.0 Å². The lowest BCUT2D eigenvalue weighted by molar-refractivity contribution is -0.142. The summed E-state index contributed by atoms with van der Waals surface area (Å²) in [7, 11) is 0. The third-order valence-corrected chi connectivity index (χ3v) is 5.69. The molecule has 0 spiro atoms. The van der Waals surface area contributed by atoms with Crippen LogP contribution in [0, 0.1) is 0 Å². The smallest absolute Gasteiger partial charge is 0.326 e. The molecular weight excluding hydrogens is 494 g/mol. The van der Waals surface area contributed by atoms with Crippen LogP contribution in [0.4, 0.5) is 0 Å². The number of carbonyl (C=O) groups excluding carboxylic acids is 4. The Morgan fingerprint density at radius 1 is 0.789 bits per heavy atom. The first kappa shape index (κ1) is 29.8. The fourth-order valence-corrected chi connectivity index (χ4v) is 3.54. The lowest BCUT2D eigenvalue weighted by atomic mass is 10.0. The number of carbonyl (C=O) groups is 5. The molecule has 0 aliphatic carbocycles. The Labute approximate surface area is 219 Å². The van der Waals surface area contributed by atoms with E-state index in [2.05, 4.69) is 16.0 Å². The molecule has 0 radical (unpaired) electrons. The molecule has 12 heteroatoms. The van der Waals surface area contributed by atoms with Crippen LogP contribution in [0.2, 0.25) is 0 Å². The maximum absolute atomic E-state index is 12.9. The molecule has 4 unspecified atom stereocenters. The molecule has 2 aromatic carbocycles. The number of aliphatic carboxylic acids is 1. The highest BCUT2D eigenvalue weighted by Crippen LogP contribution is 2.12. The SMILES string of the molecule is CC(NC(=O)C(N)Cc1ccccc1)C(=O)NC(CCC(N)=O)C(=O)NC(Cc1ccc(O)cc1)C(=O)O. The summed E-state index contributed by atoms with van der Waals surface area (Å²) in [6, 6.07) is 10.2. The lowest BCUT2D eigenvalue weighted by Gasteiger charge is -2.23. The van der Waals surface area contributed by atoms with Crippen LogP contribution in [0.3, 0.4) is 0 Å². The zero-order chi connectivity index (χ0) is 28.2. The van der Waals surface area contributed by atoms with E-state index in [1.807, 2.05) is 30.3 Å². The van der Waals surface area contributed by atoms with Gasteiger partial charge in [0.15, 0.2) is 0 Å². The third-order valence-electron chi connectivity index (χ3n) is 5.69. The number of carboxylic acid groups (broad SMARTS) is 1. The van der Waals surface area contributed by atoms with Crippen LogP contribution in [0.15, 0.2) is 54.6 Å². The number of primary amides is 1. The number of phenols is 1. The fraction of sp³-hybridized carbons (Fsp3) is 0.346. The number of aromatic hydroxyl groups is 1. The molecule has 204 valence electrons. The molecule has 4 amide bonds. The molecule has 4 atom stereocenters. The van der Waals surface area contributed by atoms with Crippen molar-refractivity contribution in [1.29, 1.82) is 0 Å². The van der Waals surface area contributed by atoms with Crippen LogP contribution in [0.1, 0.15) is 30.9 Å². The summed E-state index contributed by atoms with van der Waals surface area (Å²) in [4.78, 5) is 61.2. The predicted molar refractivity (Wildman–Crippen MR) is 137 cm³/mol. The van der Waals surface area contributed by atoms with Gasteiger partial charge in [0.2, 0.25) is 23.6 Å². The van der Waals surface area contributed by atoms with Gasteiger partial charge in [-0.1, -0.05) is 42.5 Å². The zero-order valence-electron chi connectivity index (χ0n) is 20.9. The first-order chi connectivity index (χ1) is 18.0. The third kappa shape index (κ3) is 9.90. The number of benzene rings is 2. The van der Waals surface area contributed by atoms with Crippen LogP contribution < -0.4 is 27.4 Å². The molecule has 38 heavy (non-hydrogen) atoms. The van der Waals surface area contributed by atoms with Crippen molar-refractivity contribution in [3.05, 3.63) is 65.7 Å². The summed E-state index contributed by atoms with van der Waals surface area (Å²) < 4.78 is 0. The molecule has 12 nitrogen and oxygen atoms in total. The Hall–Kier alpha value is -4.45. The van der Waals surface area contributed by atoms with Crippen molar-refractivity contribution in [2.45, 2.75) is 56.8 Å². The number of rotatable bonds is 14. The van der Waals surface area contributed by atoms with E-state index >= 15 is 0 Å².